The molecule has 0 aliphatic heterocycles. The molecule has 3 nitrogen and oxygen atoms in total. The second kappa shape index (κ2) is 4.44. The van der Waals surface area contributed by atoms with E-state index in [9.17, 15) is 13.2 Å². The Morgan fingerprint density at radius 3 is 2.50 bits per heavy atom. The third-order valence-corrected chi connectivity index (χ3v) is 2.50. The number of hydrogen-bond acceptors (Lipinski definition) is 2. The predicted molar refractivity (Wildman–Crippen MR) is 60.5 cm³/mol. The minimum atomic E-state index is -4.44. The Hall–Kier alpha value is -1.85. The number of aromatic nitrogens is 3. The van der Waals surface area contributed by atoms with Crippen LogP contribution in [0.15, 0.2) is 30.6 Å². The van der Waals surface area contributed by atoms with Crippen LogP contribution in [0.2, 0.25) is 0 Å². The lowest BCUT2D eigenvalue weighted by molar-refractivity contribution is -0.141. The molecule has 0 unspecified atom stereocenters. The molecule has 0 N–H and O–H groups in total. The standard InChI is InChI=1S/C12H12F3N3/c1-8(2)10-4-6-18(17-10)9-3-5-16-11(7-9)12(13,14)15/h3-8H,1-2H3. The predicted octanol–water partition coefficient (Wildman–Crippen LogP) is 3.41. The van der Waals surface area contributed by atoms with Crippen LogP contribution < -0.4 is 0 Å². The molecular weight excluding hydrogens is 243 g/mol. The van der Waals surface area contributed by atoms with Crippen LogP contribution >= 0.6 is 0 Å². The normalized spacial score (nSPS) is 12.1. The first-order valence-electron chi connectivity index (χ1n) is 5.47. The zero-order valence-electron chi connectivity index (χ0n) is 9.94. The summed E-state index contributed by atoms with van der Waals surface area (Å²) in [6.45, 7) is 3.95. The average molecular weight is 255 g/mol. The van der Waals surface area contributed by atoms with Crippen molar-refractivity contribution in [3.05, 3.63) is 42.0 Å². The van der Waals surface area contributed by atoms with E-state index < -0.39 is 11.9 Å². The maximum atomic E-state index is 12.5. The number of alkyl halides is 3. The van der Waals surface area contributed by atoms with Crippen molar-refractivity contribution >= 4 is 0 Å². The Labute approximate surface area is 102 Å². The quantitative estimate of drug-likeness (QED) is 0.823. The van der Waals surface area contributed by atoms with Crippen molar-refractivity contribution in [1.29, 1.82) is 0 Å². The molecule has 96 valence electrons. The van der Waals surface area contributed by atoms with Gasteiger partial charge in [0.15, 0.2) is 0 Å². The summed E-state index contributed by atoms with van der Waals surface area (Å²) in [7, 11) is 0. The summed E-state index contributed by atoms with van der Waals surface area (Å²) in [5.74, 6) is 0.232. The van der Waals surface area contributed by atoms with Crippen LogP contribution in [0.4, 0.5) is 13.2 Å². The Kier molecular flexibility index (Phi) is 3.11. The van der Waals surface area contributed by atoms with Crippen LogP contribution in [0.3, 0.4) is 0 Å². The van der Waals surface area contributed by atoms with Crippen LogP contribution in [-0.2, 0) is 6.18 Å². The van der Waals surface area contributed by atoms with Gasteiger partial charge in [-0.2, -0.15) is 18.3 Å². The third-order valence-electron chi connectivity index (χ3n) is 2.50. The van der Waals surface area contributed by atoms with Gasteiger partial charge in [0.25, 0.3) is 0 Å². The average Bonchev–Trinajstić information content (AvgIpc) is 2.77. The highest BCUT2D eigenvalue weighted by Crippen LogP contribution is 2.28. The fraction of sp³-hybridized carbons (Fsp3) is 0.333. The van der Waals surface area contributed by atoms with E-state index in [1.54, 1.807) is 12.3 Å². The summed E-state index contributed by atoms with van der Waals surface area (Å²) >= 11 is 0. The maximum Gasteiger partial charge on any atom is 0.433 e. The molecule has 0 aromatic carbocycles. The highest BCUT2D eigenvalue weighted by Gasteiger charge is 2.32. The van der Waals surface area contributed by atoms with E-state index in [1.807, 2.05) is 13.8 Å². The zero-order chi connectivity index (χ0) is 13.3. The molecule has 0 radical (unpaired) electrons. The minimum absolute atomic E-state index is 0.232. The summed E-state index contributed by atoms with van der Waals surface area (Å²) in [5, 5.41) is 4.22. The topological polar surface area (TPSA) is 30.7 Å². The van der Waals surface area contributed by atoms with Crippen molar-refractivity contribution in [1.82, 2.24) is 14.8 Å². The number of rotatable bonds is 2. The van der Waals surface area contributed by atoms with Crippen molar-refractivity contribution in [3.63, 3.8) is 0 Å². The summed E-state index contributed by atoms with van der Waals surface area (Å²) in [5.41, 5.74) is 0.270. The van der Waals surface area contributed by atoms with Gasteiger partial charge < -0.3 is 0 Å². The van der Waals surface area contributed by atoms with Gasteiger partial charge in [-0.05, 0) is 24.1 Å². The van der Waals surface area contributed by atoms with Crippen LogP contribution in [0, 0.1) is 0 Å². The van der Waals surface area contributed by atoms with Crippen LogP contribution in [0.25, 0.3) is 5.69 Å². The molecule has 0 saturated heterocycles. The zero-order valence-corrected chi connectivity index (χ0v) is 9.94. The monoisotopic (exact) mass is 255 g/mol. The summed E-state index contributed by atoms with van der Waals surface area (Å²) in [6.07, 6.45) is -1.66. The van der Waals surface area contributed by atoms with Gasteiger partial charge >= 0.3 is 6.18 Å². The Bertz CT molecular complexity index is 543. The van der Waals surface area contributed by atoms with Crippen LogP contribution in [-0.4, -0.2) is 14.8 Å². The molecule has 0 bridgehead atoms. The van der Waals surface area contributed by atoms with Gasteiger partial charge in [-0.1, -0.05) is 13.8 Å². The van der Waals surface area contributed by atoms with E-state index in [4.69, 9.17) is 0 Å². The summed E-state index contributed by atoms with van der Waals surface area (Å²) in [6, 6.07) is 4.27. The molecule has 0 aliphatic carbocycles. The first-order valence-corrected chi connectivity index (χ1v) is 5.47. The molecular formula is C12H12F3N3. The Morgan fingerprint density at radius 2 is 1.94 bits per heavy atom. The first-order chi connectivity index (χ1) is 8.38. The number of pyridine rings is 1. The van der Waals surface area contributed by atoms with E-state index in [-0.39, 0.29) is 5.92 Å². The molecule has 2 aromatic rings. The largest absolute Gasteiger partial charge is 0.433 e. The molecule has 0 atom stereocenters. The molecule has 18 heavy (non-hydrogen) atoms. The smallest absolute Gasteiger partial charge is 0.252 e. The van der Waals surface area contributed by atoms with Crippen LogP contribution in [0.5, 0.6) is 0 Å². The SMILES string of the molecule is CC(C)c1ccn(-c2ccnc(C(F)(F)F)c2)n1. The van der Waals surface area contributed by atoms with Gasteiger partial charge in [-0.3, -0.25) is 4.98 Å². The van der Waals surface area contributed by atoms with Crippen LogP contribution in [0.1, 0.15) is 31.2 Å². The van der Waals surface area contributed by atoms with Gasteiger partial charge in [0.05, 0.1) is 11.4 Å². The van der Waals surface area contributed by atoms with Gasteiger partial charge in [0, 0.05) is 12.4 Å². The van der Waals surface area contributed by atoms with Crippen molar-refractivity contribution in [2.75, 3.05) is 0 Å². The molecule has 2 aromatic heterocycles. The highest BCUT2D eigenvalue weighted by atomic mass is 19.4. The first kappa shape index (κ1) is 12.6. The second-order valence-electron chi connectivity index (χ2n) is 4.24. The molecule has 0 spiro atoms. The lowest BCUT2D eigenvalue weighted by Crippen LogP contribution is -2.09. The molecule has 0 aliphatic rings. The molecule has 6 heteroatoms. The van der Waals surface area contributed by atoms with Crippen molar-refractivity contribution in [3.8, 4) is 5.69 Å². The van der Waals surface area contributed by atoms with Gasteiger partial charge in [-0.25, -0.2) is 4.68 Å². The third kappa shape index (κ3) is 2.52. The lowest BCUT2D eigenvalue weighted by Gasteiger charge is -2.07. The Balaban J connectivity index is 2.38. The van der Waals surface area contributed by atoms with Crippen molar-refractivity contribution in [2.45, 2.75) is 25.9 Å². The molecule has 2 heterocycles. The number of nitrogens with zero attached hydrogens (tertiary/aromatic N) is 3. The second-order valence-corrected chi connectivity index (χ2v) is 4.24. The van der Waals surface area contributed by atoms with Gasteiger partial charge in [-0.15, -0.1) is 0 Å². The Morgan fingerprint density at radius 1 is 1.22 bits per heavy atom. The summed E-state index contributed by atoms with van der Waals surface area (Å²) < 4.78 is 39.0. The fourth-order valence-electron chi connectivity index (χ4n) is 1.51. The maximum absolute atomic E-state index is 12.5. The van der Waals surface area contributed by atoms with Gasteiger partial charge in [0.1, 0.15) is 5.69 Å². The van der Waals surface area contributed by atoms with E-state index in [2.05, 4.69) is 10.1 Å². The summed E-state index contributed by atoms with van der Waals surface area (Å²) in [4.78, 5) is 3.31. The minimum Gasteiger partial charge on any atom is -0.252 e. The van der Waals surface area contributed by atoms with Gasteiger partial charge in [0.2, 0.25) is 0 Å². The lowest BCUT2D eigenvalue weighted by atomic mass is 10.1. The molecule has 0 amide bonds. The number of hydrogen-bond donors (Lipinski definition) is 0. The van der Waals surface area contributed by atoms with E-state index >= 15 is 0 Å². The number of halogens is 3. The van der Waals surface area contributed by atoms with E-state index in [1.165, 1.54) is 10.7 Å². The molecule has 0 saturated carbocycles. The van der Waals surface area contributed by atoms with E-state index in [0.717, 1.165) is 18.0 Å². The molecule has 2 rings (SSSR count). The fourth-order valence-corrected chi connectivity index (χ4v) is 1.51. The van der Waals surface area contributed by atoms with E-state index in [0.29, 0.717) is 5.69 Å². The van der Waals surface area contributed by atoms with Crippen molar-refractivity contribution in [2.24, 2.45) is 0 Å². The van der Waals surface area contributed by atoms with Crippen molar-refractivity contribution < 1.29 is 13.2 Å². The molecule has 0 fully saturated rings. The highest BCUT2D eigenvalue weighted by molar-refractivity contribution is 5.32.